The Hall–Kier alpha value is -1.28. The van der Waals surface area contributed by atoms with Crippen LogP contribution in [0.15, 0.2) is 36.5 Å². The van der Waals surface area contributed by atoms with Crippen molar-refractivity contribution >= 4 is 13.7 Å². The third-order valence-corrected chi connectivity index (χ3v) is 14.4. The van der Waals surface area contributed by atoms with Gasteiger partial charge in [0.05, 0.1) is 39.9 Å². The highest BCUT2D eigenvalue weighted by atomic mass is 31.2. The van der Waals surface area contributed by atoms with Gasteiger partial charge >= 0.3 is 7.82 Å². The summed E-state index contributed by atoms with van der Waals surface area (Å²) in [5, 5.41) is 14.1. The number of amides is 1. The summed E-state index contributed by atoms with van der Waals surface area (Å²) in [6.07, 6.45) is 65.0. The molecule has 0 aromatic rings. The molecular weight excluding hydrogens is 864 g/mol. The number of phosphoric acid groups is 1. The maximum atomic E-state index is 13.0. The summed E-state index contributed by atoms with van der Waals surface area (Å²) in [5.74, 6) is -0.152. The molecule has 0 radical (unpaired) electrons. The SMILES string of the molecule is CC/C=C\C/C=C\C/C=C\CCCCCCCCCC(=O)NC(COP(=O)(O)OCC[N+](C)(C)C)C(O)CCCCCCCCCCCCCCCCCCCCCCCCCCCCCCC. The summed E-state index contributed by atoms with van der Waals surface area (Å²) in [6.45, 7) is 4.80. The average molecular weight is 981 g/mol. The first-order chi connectivity index (χ1) is 33.0. The summed E-state index contributed by atoms with van der Waals surface area (Å²) in [5.41, 5.74) is 0. The van der Waals surface area contributed by atoms with Crippen LogP contribution in [0.2, 0.25) is 0 Å². The molecule has 0 fully saturated rings. The molecule has 3 atom stereocenters. The summed E-state index contributed by atoms with van der Waals surface area (Å²) < 4.78 is 23.8. The van der Waals surface area contributed by atoms with Gasteiger partial charge in [0.25, 0.3) is 0 Å². The minimum atomic E-state index is -4.33. The fourth-order valence-corrected chi connectivity index (χ4v) is 9.56. The predicted octanol–water partition coefficient (Wildman–Crippen LogP) is 17.8. The molecule has 0 saturated carbocycles. The van der Waals surface area contributed by atoms with Crippen LogP contribution in [0.4, 0.5) is 0 Å². The van der Waals surface area contributed by atoms with Crippen molar-refractivity contribution in [2.24, 2.45) is 0 Å². The molecule has 0 heterocycles. The standard InChI is InChI=1S/C59H115N2O6P/c1-6-8-10-12-14-16-18-20-22-24-25-26-27-28-29-30-31-32-33-34-35-37-38-40-42-44-46-48-50-52-58(62)57(56-67-68(64,65)66-55-54-61(3,4)5)60-59(63)53-51-49-47-45-43-41-39-36-23-21-19-17-15-13-11-9-7-2/h9,11,15,17,21,23,57-58,62H,6-8,10,12-14,16,18-20,22,24-56H2,1-5H3,(H-,60,63,64,65)/p+1/b11-9-,17-15-,23-21-. The van der Waals surface area contributed by atoms with Crippen LogP contribution in [0, 0.1) is 0 Å². The van der Waals surface area contributed by atoms with Crippen molar-refractivity contribution < 1.29 is 32.9 Å². The van der Waals surface area contributed by atoms with Gasteiger partial charge in [-0.05, 0) is 44.9 Å². The number of carbonyl (C=O) groups is 1. The lowest BCUT2D eigenvalue weighted by molar-refractivity contribution is -0.870. The minimum Gasteiger partial charge on any atom is -0.391 e. The Morgan fingerprint density at radius 3 is 1.29 bits per heavy atom. The zero-order valence-corrected chi connectivity index (χ0v) is 46.8. The number of rotatable bonds is 54. The van der Waals surface area contributed by atoms with Crippen LogP contribution >= 0.6 is 7.82 Å². The van der Waals surface area contributed by atoms with Gasteiger partial charge < -0.3 is 19.8 Å². The maximum absolute atomic E-state index is 13.0. The summed E-state index contributed by atoms with van der Waals surface area (Å²) in [6, 6.07) is -0.767. The van der Waals surface area contributed by atoms with Crippen LogP contribution in [-0.4, -0.2) is 73.4 Å². The van der Waals surface area contributed by atoms with E-state index in [0.717, 1.165) is 64.2 Å². The van der Waals surface area contributed by atoms with Gasteiger partial charge in [-0.1, -0.05) is 269 Å². The first-order valence-corrected chi connectivity index (χ1v) is 30.8. The number of hydrogen-bond acceptors (Lipinski definition) is 5. The lowest BCUT2D eigenvalue weighted by Crippen LogP contribution is -2.46. The summed E-state index contributed by atoms with van der Waals surface area (Å²) >= 11 is 0. The van der Waals surface area contributed by atoms with Gasteiger partial charge in [-0.15, -0.1) is 0 Å². The van der Waals surface area contributed by atoms with Crippen molar-refractivity contribution in [3.05, 3.63) is 36.5 Å². The molecule has 9 heteroatoms. The molecule has 8 nitrogen and oxygen atoms in total. The third kappa shape index (κ3) is 52.5. The largest absolute Gasteiger partial charge is 0.472 e. The lowest BCUT2D eigenvalue weighted by Gasteiger charge is -2.26. The van der Waals surface area contributed by atoms with Crippen molar-refractivity contribution in [1.82, 2.24) is 5.32 Å². The highest BCUT2D eigenvalue weighted by Crippen LogP contribution is 2.43. The van der Waals surface area contributed by atoms with Crippen LogP contribution in [0.5, 0.6) is 0 Å². The van der Waals surface area contributed by atoms with Gasteiger partial charge in [0.2, 0.25) is 5.91 Å². The number of quaternary nitrogens is 1. The summed E-state index contributed by atoms with van der Waals surface area (Å²) in [4.78, 5) is 23.3. The minimum absolute atomic E-state index is 0.0724. The molecule has 0 aliphatic heterocycles. The molecule has 0 spiro atoms. The summed E-state index contributed by atoms with van der Waals surface area (Å²) in [7, 11) is 1.61. The number of aliphatic hydroxyl groups is 1. The van der Waals surface area contributed by atoms with E-state index in [1.165, 1.54) is 193 Å². The highest BCUT2D eigenvalue weighted by Gasteiger charge is 2.28. The Morgan fingerprint density at radius 2 is 0.882 bits per heavy atom. The molecule has 3 N–H and O–H groups in total. The molecule has 0 aliphatic carbocycles. The molecule has 0 aromatic carbocycles. The number of nitrogens with one attached hydrogen (secondary N) is 1. The Bertz CT molecular complexity index is 1200. The molecule has 1 amide bonds. The van der Waals surface area contributed by atoms with E-state index in [9.17, 15) is 19.4 Å². The number of likely N-dealkylation sites (N-methyl/N-ethyl adjacent to an activating group) is 1. The van der Waals surface area contributed by atoms with Gasteiger partial charge in [-0.3, -0.25) is 13.8 Å². The second-order valence-corrected chi connectivity index (χ2v) is 22.8. The van der Waals surface area contributed by atoms with Crippen LogP contribution in [-0.2, 0) is 18.4 Å². The highest BCUT2D eigenvalue weighted by molar-refractivity contribution is 7.47. The van der Waals surface area contributed by atoms with E-state index in [2.05, 4.69) is 55.6 Å². The fourth-order valence-electron chi connectivity index (χ4n) is 8.83. The third-order valence-electron chi connectivity index (χ3n) is 13.4. The molecular formula is C59H116N2O6P+. The number of carbonyl (C=O) groups excluding carboxylic acids is 1. The van der Waals surface area contributed by atoms with E-state index in [-0.39, 0.29) is 19.1 Å². The monoisotopic (exact) mass is 980 g/mol. The number of aliphatic hydroxyl groups excluding tert-OH is 1. The van der Waals surface area contributed by atoms with Gasteiger partial charge in [0.15, 0.2) is 0 Å². The van der Waals surface area contributed by atoms with Gasteiger partial charge in [-0.2, -0.15) is 0 Å². The number of hydrogen-bond donors (Lipinski definition) is 3. The van der Waals surface area contributed by atoms with Crippen molar-refractivity contribution in [3.8, 4) is 0 Å². The van der Waals surface area contributed by atoms with Crippen molar-refractivity contribution in [1.29, 1.82) is 0 Å². The Morgan fingerprint density at radius 1 is 0.515 bits per heavy atom. The first-order valence-electron chi connectivity index (χ1n) is 29.4. The van der Waals surface area contributed by atoms with E-state index in [4.69, 9.17) is 9.05 Å². The molecule has 0 aromatic heterocycles. The molecule has 0 rings (SSSR count). The normalized spacial score (nSPS) is 14.2. The lowest BCUT2D eigenvalue weighted by atomic mass is 10.0. The van der Waals surface area contributed by atoms with Crippen LogP contribution < -0.4 is 5.32 Å². The molecule has 68 heavy (non-hydrogen) atoms. The van der Waals surface area contributed by atoms with E-state index in [1.807, 2.05) is 21.1 Å². The molecule has 0 aliphatic rings. The zero-order chi connectivity index (χ0) is 49.9. The van der Waals surface area contributed by atoms with E-state index >= 15 is 0 Å². The Labute approximate surface area is 423 Å². The number of phosphoric ester groups is 1. The molecule has 3 unspecified atom stereocenters. The Kier molecular flexibility index (Phi) is 49.7. The van der Waals surface area contributed by atoms with Crippen molar-refractivity contribution in [2.75, 3.05) is 40.9 Å². The zero-order valence-electron chi connectivity index (χ0n) is 45.9. The second kappa shape index (κ2) is 50.7. The average Bonchev–Trinajstić information content (AvgIpc) is 3.30. The van der Waals surface area contributed by atoms with Gasteiger partial charge in [-0.25, -0.2) is 4.57 Å². The smallest absolute Gasteiger partial charge is 0.391 e. The quantitative estimate of drug-likeness (QED) is 0.0243. The maximum Gasteiger partial charge on any atom is 0.472 e. The number of allylic oxidation sites excluding steroid dienone is 6. The fraction of sp³-hybridized carbons (Fsp3) is 0.881. The van der Waals surface area contributed by atoms with E-state index in [1.54, 1.807) is 0 Å². The van der Waals surface area contributed by atoms with E-state index < -0.39 is 20.0 Å². The van der Waals surface area contributed by atoms with Crippen molar-refractivity contribution in [3.63, 3.8) is 0 Å². The van der Waals surface area contributed by atoms with Crippen molar-refractivity contribution in [2.45, 2.75) is 296 Å². The van der Waals surface area contributed by atoms with Gasteiger partial charge in [0, 0.05) is 6.42 Å². The van der Waals surface area contributed by atoms with E-state index in [0.29, 0.717) is 23.9 Å². The Balaban J connectivity index is 4.08. The first kappa shape index (κ1) is 66.7. The number of unbranched alkanes of at least 4 members (excludes halogenated alkanes) is 35. The topological polar surface area (TPSA) is 105 Å². The van der Waals surface area contributed by atoms with Gasteiger partial charge in [0.1, 0.15) is 13.2 Å². The van der Waals surface area contributed by atoms with Crippen LogP contribution in [0.25, 0.3) is 0 Å². The second-order valence-electron chi connectivity index (χ2n) is 21.3. The molecule has 402 valence electrons. The predicted molar refractivity (Wildman–Crippen MR) is 295 cm³/mol. The molecule has 0 bridgehead atoms. The number of nitrogens with zero attached hydrogens (tertiary/aromatic N) is 1. The van der Waals surface area contributed by atoms with Crippen LogP contribution in [0.1, 0.15) is 284 Å². The molecule has 0 saturated heterocycles. The van der Waals surface area contributed by atoms with Crippen LogP contribution in [0.3, 0.4) is 0 Å².